The first-order chi connectivity index (χ1) is 9.15. The van der Waals surface area contributed by atoms with Crippen LogP contribution in [0.15, 0.2) is 42.6 Å². The van der Waals surface area contributed by atoms with Crippen LogP contribution in [0.3, 0.4) is 0 Å². The fraction of sp³-hybridized carbons (Fsp3) is 0.286. The van der Waals surface area contributed by atoms with Crippen molar-refractivity contribution in [2.24, 2.45) is 0 Å². The molecule has 0 aliphatic rings. The van der Waals surface area contributed by atoms with Crippen molar-refractivity contribution in [3.63, 3.8) is 0 Å². The van der Waals surface area contributed by atoms with Gasteiger partial charge in [-0.3, -0.25) is 14.3 Å². The third-order valence-electron chi connectivity index (χ3n) is 3.10. The fourth-order valence-electron chi connectivity index (χ4n) is 1.91. The second kappa shape index (κ2) is 5.67. The summed E-state index contributed by atoms with van der Waals surface area (Å²) in [6, 6.07) is 11.6. The molecule has 100 valence electrons. The first-order valence-electron chi connectivity index (χ1n) is 6.05. The SMILES string of the molecule is CON(C)C(=O)c1ccnn1[C@H](C)c1ccccc1. The summed E-state index contributed by atoms with van der Waals surface area (Å²) in [5, 5.41) is 5.43. The molecule has 19 heavy (non-hydrogen) atoms. The number of hydroxylamine groups is 2. The molecule has 0 spiro atoms. The minimum Gasteiger partial charge on any atom is -0.274 e. The van der Waals surface area contributed by atoms with Gasteiger partial charge in [0.05, 0.1) is 13.2 Å². The number of hydrogen-bond acceptors (Lipinski definition) is 3. The van der Waals surface area contributed by atoms with Crippen LogP contribution in [0.4, 0.5) is 0 Å². The molecule has 0 radical (unpaired) electrons. The first kappa shape index (κ1) is 13.3. The maximum Gasteiger partial charge on any atom is 0.295 e. The third-order valence-corrected chi connectivity index (χ3v) is 3.10. The number of aromatic nitrogens is 2. The van der Waals surface area contributed by atoms with E-state index < -0.39 is 0 Å². The molecule has 0 aliphatic carbocycles. The molecule has 0 N–H and O–H groups in total. The summed E-state index contributed by atoms with van der Waals surface area (Å²) in [4.78, 5) is 17.1. The van der Waals surface area contributed by atoms with Gasteiger partial charge in [0.1, 0.15) is 5.69 Å². The Balaban J connectivity index is 2.32. The van der Waals surface area contributed by atoms with E-state index in [2.05, 4.69) is 5.10 Å². The second-order valence-corrected chi connectivity index (χ2v) is 4.23. The van der Waals surface area contributed by atoms with Gasteiger partial charge in [0.25, 0.3) is 5.91 Å². The lowest BCUT2D eigenvalue weighted by Crippen LogP contribution is -2.28. The number of carbonyl (C=O) groups excluding carboxylic acids is 1. The van der Waals surface area contributed by atoms with E-state index in [-0.39, 0.29) is 11.9 Å². The van der Waals surface area contributed by atoms with E-state index in [0.717, 1.165) is 5.56 Å². The summed E-state index contributed by atoms with van der Waals surface area (Å²) >= 11 is 0. The largest absolute Gasteiger partial charge is 0.295 e. The van der Waals surface area contributed by atoms with E-state index >= 15 is 0 Å². The van der Waals surface area contributed by atoms with Gasteiger partial charge in [-0.1, -0.05) is 30.3 Å². The molecule has 2 aromatic rings. The van der Waals surface area contributed by atoms with E-state index in [1.165, 1.54) is 12.2 Å². The lowest BCUT2D eigenvalue weighted by atomic mass is 10.1. The molecule has 0 aliphatic heterocycles. The predicted molar refractivity (Wildman–Crippen MR) is 71.6 cm³/mol. The fourth-order valence-corrected chi connectivity index (χ4v) is 1.91. The van der Waals surface area contributed by atoms with Crippen LogP contribution in [0.5, 0.6) is 0 Å². The Morgan fingerprint density at radius 3 is 2.63 bits per heavy atom. The molecule has 1 amide bonds. The van der Waals surface area contributed by atoms with Crippen LogP contribution >= 0.6 is 0 Å². The molecular formula is C14H17N3O2. The van der Waals surface area contributed by atoms with Crippen molar-refractivity contribution >= 4 is 5.91 Å². The Morgan fingerprint density at radius 2 is 2.00 bits per heavy atom. The van der Waals surface area contributed by atoms with Crippen LogP contribution < -0.4 is 0 Å². The van der Waals surface area contributed by atoms with Gasteiger partial charge in [0.15, 0.2) is 0 Å². The van der Waals surface area contributed by atoms with Gasteiger partial charge in [-0.25, -0.2) is 5.06 Å². The average Bonchev–Trinajstić information content (AvgIpc) is 2.95. The summed E-state index contributed by atoms with van der Waals surface area (Å²) in [7, 11) is 3.03. The minimum absolute atomic E-state index is 0.0135. The van der Waals surface area contributed by atoms with Crippen molar-refractivity contribution in [1.29, 1.82) is 0 Å². The summed E-state index contributed by atoms with van der Waals surface area (Å²) in [5.41, 5.74) is 1.60. The molecule has 1 heterocycles. The summed E-state index contributed by atoms with van der Waals surface area (Å²) in [5.74, 6) is -0.220. The van der Waals surface area contributed by atoms with E-state index in [4.69, 9.17) is 4.84 Å². The van der Waals surface area contributed by atoms with E-state index in [0.29, 0.717) is 5.69 Å². The van der Waals surface area contributed by atoms with Crippen molar-refractivity contribution in [2.75, 3.05) is 14.2 Å². The van der Waals surface area contributed by atoms with Gasteiger partial charge in [-0.2, -0.15) is 5.10 Å². The normalized spacial score (nSPS) is 12.2. The standard InChI is InChI=1S/C14H17N3O2/c1-11(12-7-5-4-6-8-12)17-13(9-10-15-17)14(18)16(2)19-3/h4-11H,1-3H3/t11-/m1/s1. The number of amides is 1. The quantitative estimate of drug-likeness (QED) is 0.790. The second-order valence-electron chi connectivity index (χ2n) is 4.23. The Kier molecular flexibility index (Phi) is 3.97. The molecule has 2 rings (SSSR count). The third kappa shape index (κ3) is 2.66. The topological polar surface area (TPSA) is 47.4 Å². The molecule has 1 atom stereocenters. The van der Waals surface area contributed by atoms with Crippen LogP contribution in [-0.4, -0.2) is 34.9 Å². The highest BCUT2D eigenvalue weighted by Gasteiger charge is 2.20. The Hall–Kier alpha value is -2.14. The molecule has 1 aromatic heterocycles. The summed E-state index contributed by atoms with van der Waals surface area (Å²) in [6.45, 7) is 2.01. The van der Waals surface area contributed by atoms with Gasteiger partial charge >= 0.3 is 0 Å². The summed E-state index contributed by atoms with van der Waals surface area (Å²) < 4.78 is 1.70. The molecule has 0 fully saturated rings. The molecule has 5 heteroatoms. The van der Waals surface area contributed by atoms with Gasteiger partial charge in [-0.15, -0.1) is 0 Å². The monoisotopic (exact) mass is 259 g/mol. The number of hydrogen-bond donors (Lipinski definition) is 0. The van der Waals surface area contributed by atoms with E-state index in [9.17, 15) is 4.79 Å². The predicted octanol–water partition coefficient (Wildman–Crippen LogP) is 2.13. The zero-order valence-corrected chi connectivity index (χ0v) is 11.3. The Bertz CT molecular complexity index is 551. The van der Waals surface area contributed by atoms with Gasteiger partial charge in [-0.05, 0) is 18.6 Å². The molecular weight excluding hydrogens is 242 g/mol. The van der Waals surface area contributed by atoms with Gasteiger partial charge in [0.2, 0.25) is 0 Å². The highest BCUT2D eigenvalue weighted by Crippen LogP contribution is 2.19. The Morgan fingerprint density at radius 1 is 1.32 bits per heavy atom. The molecule has 1 aromatic carbocycles. The van der Waals surface area contributed by atoms with Crippen LogP contribution in [0.1, 0.15) is 29.0 Å². The smallest absolute Gasteiger partial charge is 0.274 e. The van der Waals surface area contributed by atoms with Crippen molar-refractivity contribution in [3.8, 4) is 0 Å². The molecule has 0 bridgehead atoms. The van der Waals surface area contributed by atoms with Gasteiger partial charge in [0, 0.05) is 13.2 Å². The van der Waals surface area contributed by atoms with E-state index in [1.807, 2.05) is 37.3 Å². The van der Waals surface area contributed by atoms with Crippen molar-refractivity contribution < 1.29 is 9.63 Å². The number of carbonyl (C=O) groups is 1. The van der Waals surface area contributed by atoms with Crippen LogP contribution in [-0.2, 0) is 4.84 Å². The summed E-state index contributed by atoms with van der Waals surface area (Å²) in [6.07, 6.45) is 1.62. The van der Waals surface area contributed by atoms with Crippen molar-refractivity contribution in [3.05, 3.63) is 53.9 Å². The maximum atomic E-state index is 12.1. The lowest BCUT2D eigenvalue weighted by Gasteiger charge is -2.18. The van der Waals surface area contributed by atoms with Crippen LogP contribution in [0, 0.1) is 0 Å². The highest BCUT2D eigenvalue weighted by atomic mass is 16.7. The highest BCUT2D eigenvalue weighted by molar-refractivity contribution is 5.91. The van der Waals surface area contributed by atoms with Gasteiger partial charge < -0.3 is 0 Å². The van der Waals surface area contributed by atoms with E-state index in [1.54, 1.807) is 24.0 Å². The minimum atomic E-state index is -0.220. The zero-order valence-electron chi connectivity index (χ0n) is 11.3. The van der Waals surface area contributed by atoms with Crippen LogP contribution in [0.2, 0.25) is 0 Å². The zero-order chi connectivity index (χ0) is 13.8. The molecule has 0 saturated carbocycles. The number of rotatable bonds is 4. The molecule has 5 nitrogen and oxygen atoms in total. The van der Waals surface area contributed by atoms with Crippen LogP contribution in [0.25, 0.3) is 0 Å². The number of benzene rings is 1. The van der Waals surface area contributed by atoms with Crippen molar-refractivity contribution in [1.82, 2.24) is 14.8 Å². The average molecular weight is 259 g/mol. The molecule has 0 unspecified atom stereocenters. The number of nitrogens with zero attached hydrogens (tertiary/aromatic N) is 3. The maximum absolute atomic E-state index is 12.1. The van der Waals surface area contributed by atoms with Crippen molar-refractivity contribution in [2.45, 2.75) is 13.0 Å². The lowest BCUT2D eigenvalue weighted by molar-refractivity contribution is -0.0764. The first-order valence-corrected chi connectivity index (χ1v) is 6.05. The Labute approximate surface area is 112 Å². The molecule has 0 saturated heterocycles.